The second-order valence-electron chi connectivity index (χ2n) is 8.26. The first kappa shape index (κ1) is 26.7. The molecule has 0 radical (unpaired) electrons. The van der Waals surface area contributed by atoms with Crippen LogP contribution in [0.1, 0.15) is 96.0 Å². The van der Waals surface area contributed by atoms with Crippen LogP contribution in [0.2, 0.25) is 0 Å². The van der Waals surface area contributed by atoms with Crippen LogP contribution in [-0.2, 0) is 16.0 Å². The molecule has 0 fully saturated rings. The molecule has 1 aromatic carbocycles. The van der Waals surface area contributed by atoms with Crippen LogP contribution in [0.25, 0.3) is 0 Å². The molecule has 174 valence electrons. The van der Waals surface area contributed by atoms with Gasteiger partial charge in [-0.3, -0.25) is 9.59 Å². The van der Waals surface area contributed by atoms with Gasteiger partial charge in [0.15, 0.2) is 17.3 Å². The predicted molar refractivity (Wildman–Crippen MR) is 126 cm³/mol. The van der Waals surface area contributed by atoms with Gasteiger partial charge < -0.3 is 15.5 Å². The third kappa shape index (κ3) is 14.4. The molecule has 0 bridgehead atoms. The molecular formula is C26H41NO4. The lowest BCUT2D eigenvalue weighted by molar-refractivity contribution is -0.121. The molecule has 31 heavy (non-hydrogen) atoms. The van der Waals surface area contributed by atoms with Gasteiger partial charge in [-0.15, -0.1) is 0 Å². The molecule has 0 aromatic heterocycles. The minimum atomic E-state index is -0.138. The van der Waals surface area contributed by atoms with E-state index in [0.717, 1.165) is 50.5 Å². The fourth-order valence-corrected chi connectivity index (χ4v) is 3.44. The van der Waals surface area contributed by atoms with E-state index in [1.54, 1.807) is 12.1 Å². The smallest absolute Gasteiger partial charge is 0.220 e. The van der Waals surface area contributed by atoms with Crippen molar-refractivity contribution in [1.29, 1.82) is 0 Å². The number of amides is 1. The van der Waals surface area contributed by atoms with Crippen molar-refractivity contribution in [2.75, 3.05) is 6.54 Å². The Morgan fingerprint density at radius 1 is 0.871 bits per heavy atom. The SMILES string of the molecule is CCCCCCCCC(=O)/C=C/CCCCCCC(=O)NCCc1ccc(O)c(O)c1. The summed E-state index contributed by atoms with van der Waals surface area (Å²) >= 11 is 0. The van der Waals surface area contributed by atoms with Crippen molar-refractivity contribution in [2.24, 2.45) is 0 Å². The Kier molecular flexibility index (Phi) is 15.0. The first-order valence-electron chi connectivity index (χ1n) is 12.0. The average molecular weight is 432 g/mol. The van der Waals surface area contributed by atoms with Crippen LogP contribution < -0.4 is 5.32 Å². The maximum absolute atomic E-state index is 11.9. The van der Waals surface area contributed by atoms with Gasteiger partial charge >= 0.3 is 0 Å². The molecule has 0 heterocycles. The number of nitrogens with one attached hydrogen (secondary N) is 1. The number of allylic oxidation sites excluding steroid dienone is 2. The summed E-state index contributed by atoms with van der Waals surface area (Å²) in [6.45, 7) is 2.72. The fourth-order valence-electron chi connectivity index (χ4n) is 3.44. The summed E-state index contributed by atoms with van der Waals surface area (Å²) in [7, 11) is 0. The Morgan fingerprint density at radius 3 is 2.29 bits per heavy atom. The number of hydrogen-bond donors (Lipinski definition) is 3. The summed E-state index contributed by atoms with van der Waals surface area (Å²) in [4.78, 5) is 23.7. The second-order valence-corrected chi connectivity index (χ2v) is 8.26. The molecule has 5 heteroatoms. The minimum Gasteiger partial charge on any atom is -0.504 e. The number of unbranched alkanes of at least 4 members (excludes halogenated alkanes) is 9. The van der Waals surface area contributed by atoms with Crippen molar-refractivity contribution in [1.82, 2.24) is 5.32 Å². The Hall–Kier alpha value is -2.30. The highest BCUT2D eigenvalue weighted by Gasteiger charge is 2.03. The van der Waals surface area contributed by atoms with Gasteiger partial charge in [0.05, 0.1) is 0 Å². The number of carbonyl (C=O) groups excluding carboxylic acids is 2. The van der Waals surface area contributed by atoms with Crippen molar-refractivity contribution < 1.29 is 19.8 Å². The van der Waals surface area contributed by atoms with Gasteiger partial charge in [0.1, 0.15) is 0 Å². The molecular weight excluding hydrogens is 390 g/mol. The Balaban J connectivity index is 1.94. The maximum atomic E-state index is 11.9. The molecule has 1 aromatic rings. The van der Waals surface area contributed by atoms with Crippen molar-refractivity contribution >= 4 is 11.7 Å². The van der Waals surface area contributed by atoms with E-state index in [0.29, 0.717) is 25.8 Å². The average Bonchev–Trinajstić information content (AvgIpc) is 2.75. The van der Waals surface area contributed by atoms with Crippen LogP contribution in [-0.4, -0.2) is 28.4 Å². The van der Waals surface area contributed by atoms with Gasteiger partial charge in [0, 0.05) is 19.4 Å². The molecule has 0 aliphatic rings. The Morgan fingerprint density at radius 2 is 1.55 bits per heavy atom. The first-order chi connectivity index (χ1) is 15.0. The number of carbonyl (C=O) groups is 2. The highest BCUT2D eigenvalue weighted by Crippen LogP contribution is 2.24. The zero-order valence-corrected chi connectivity index (χ0v) is 19.2. The number of benzene rings is 1. The lowest BCUT2D eigenvalue weighted by atomic mass is 10.1. The summed E-state index contributed by atoms with van der Waals surface area (Å²) in [6.07, 6.45) is 17.7. The van der Waals surface area contributed by atoms with Gasteiger partial charge in [0.25, 0.3) is 0 Å². The number of phenols is 2. The maximum Gasteiger partial charge on any atom is 0.220 e. The Labute approximate surface area is 188 Å². The molecule has 0 atom stereocenters. The van der Waals surface area contributed by atoms with Crippen LogP contribution in [0.3, 0.4) is 0 Å². The number of rotatable bonds is 18. The zero-order valence-electron chi connectivity index (χ0n) is 19.2. The molecule has 0 aliphatic heterocycles. The van der Waals surface area contributed by atoms with Gasteiger partial charge in [-0.1, -0.05) is 64.0 Å². The zero-order chi connectivity index (χ0) is 22.7. The van der Waals surface area contributed by atoms with E-state index in [1.807, 2.05) is 6.08 Å². The molecule has 3 N–H and O–H groups in total. The van der Waals surface area contributed by atoms with Crippen molar-refractivity contribution in [3.63, 3.8) is 0 Å². The number of aromatic hydroxyl groups is 2. The predicted octanol–water partition coefficient (Wildman–Crippen LogP) is 5.97. The van der Waals surface area contributed by atoms with E-state index in [2.05, 4.69) is 12.2 Å². The molecule has 5 nitrogen and oxygen atoms in total. The highest BCUT2D eigenvalue weighted by molar-refractivity contribution is 5.89. The standard InChI is InChI=1S/C26H41NO4/c1-2-3-4-5-8-11-14-23(28)15-12-9-6-7-10-13-16-26(31)27-20-19-22-17-18-24(29)25(30)21-22/h12,15,17-18,21,29-30H,2-11,13-14,16,19-20H2,1H3,(H,27,31)/b15-12+. The first-order valence-corrected chi connectivity index (χ1v) is 12.0. The number of phenolic OH excluding ortho intramolecular Hbond substituents is 2. The quantitative estimate of drug-likeness (QED) is 0.152. The van der Waals surface area contributed by atoms with Crippen LogP contribution in [0.5, 0.6) is 11.5 Å². The van der Waals surface area contributed by atoms with Crippen LogP contribution in [0.15, 0.2) is 30.4 Å². The third-order valence-electron chi connectivity index (χ3n) is 5.38. The van der Waals surface area contributed by atoms with Crippen molar-refractivity contribution in [2.45, 2.75) is 96.8 Å². The number of hydrogen-bond acceptors (Lipinski definition) is 4. The minimum absolute atomic E-state index is 0.0446. The highest BCUT2D eigenvalue weighted by atomic mass is 16.3. The molecule has 0 aliphatic carbocycles. The lowest BCUT2D eigenvalue weighted by Gasteiger charge is -2.06. The summed E-state index contributed by atoms with van der Waals surface area (Å²) in [6, 6.07) is 4.70. The van der Waals surface area contributed by atoms with E-state index in [9.17, 15) is 19.8 Å². The van der Waals surface area contributed by atoms with E-state index >= 15 is 0 Å². The van der Waals surface area contributed by atoms with Gasteiger partial charge in [-0.2, -0.15) is 0 Å². The monoisotopic (exact) mass is 431 g/mol. The second kappa shape index (κ2) is 17.4. The van der Waals surface area contributed by atoms with Gasteiger partial charge in [0.2, 0.25) is 5.91 Å². The molecule has 0 saturated carbocycles. The largest absolute Gasteiger partial charge is 0.504 e. The van der Waals surface area contributed by atoms with E-state index in [4.69, 9.17) is 0 Å². The van der Waals surface area contributed by atoms with Crippen molar-refractivity contribution in [3.05, 3.63) is 35.9 Å². The summed E-state index contributed by atoms with van der Waals surface area (Å²) in [5, 5.41) is 21.6. The summed E-state index contributed by atoms with van der Waals surface area (Å²) in [5.41, 5.74) is 0.870. The van der Waals surface area contributed by atoms with Crippen LogP contribution in [0, 0.1) is 0 Å². The van der Waals surface area contributed by atoms with E-state index in [1.165, 1.54) is 37.8 Å². The molecule has 0 spiro atoms. The lowest BCUT2D eigenvalue weighted by Crippen LogP contribution is -2.25. The van der Waals surface area contributed by atoms with Gasteiger partial charge in [-0.25, -0.2) is 0 Å². The molecule has 1 amide bonds. The van der Waals surface area contributed by atoms with E-state index < -0.39 is 0 Å². The Bertz CT molecular complexity index is 669. The normalized spacial score (nSPS) is 11.1. The molecule has 0 unspecified atom stereocenters. The van der Waals surface area contributed by atoms with Crippen molar-refractivity contribution in [3.8, 4) is 11.5 Å². The summed E-state index contributed by atoms with van der Waals surface area (Å²) < 4.78 is 0. The molecule has 0 saturated heterocycles. The molecule has 1 rings (SSSR count). The van der Waals surface area contributed by atoms with Crippen LogP contribution in [0.4, 0.5) is 0 Å². The number of ketones is 1. The third-order valence-corrected chi connectivity index (χ3v) is 5.38. The topological polar surface area (TPSA) is 86.6 Å². The van der Waals surface area contributed by atoms with E-state index in [-0.39, 0.29) is 23.2 Å². The fraction of sp³-hybridized carbons (Fsp3) is 0.615. The van der Waals surface area contributed by atoms with Crippen LogP contribution >= 0.6 is 0 Å². The van der Waals surface area contributed by atoms with Gasteiger partial charge in [-0.05, 0) is 55.9 Å². The summed E-state index contributed by atoms with van der Waals surface area (Å²) in [5.74, 6) is 0.0155.